The fourth-order valence-electron chi connectivity index (χ4n) is 8.59. The Morgan fingerprint density at radius 2 is 0.887 bits per heavy atom. The largest absolute Gasteiger partial charge is 0.278 e. The molecule has 0 aliphatic rings. The van der Waals surface area contributed by atoms with E-state index in [1.165, 1.54) is 5.56 Å². The first-order chi connectivity index (χ1) is 30.7. The van der Waals surface area contributed by atoms with E-state index in [-0.39, 0.29) is 0 Å². The van der Waals surface area contributed by atoms with Crippen LogP contribution in [0.3, 0.4) is 0 Å². The topological polar surface area (TPSA) is 69.4 Å². The maximum absolute atomic E-state index is 5.37. The molecule has 0 bridgehead atoms. The Labute approximate surface area is 361 Å². The van der Waals surface area contributed by atoms with Crippen LogP contribution in [0.5, 0.6) is 0 Å². The molecule has 0 fully saturated rings. The van der Waals surface area contributed by atoms with Gasteiger partial charge in [0, 0.05) is 58.8 Å². The molecule has 0 unspecified atom stereocenters. The highest BCUT2D eigenvalue weighted by molar-refractivity contribution is 7.26. The number of benzene rings is 8. The summed E-state index contributed by atoms with van der Waals surface area (Å²) in [7, 11) is 0. The molecule has 0 saturated heterocycles. The molecule has 0 atom stereocenters. The molecule has 4 aromatic heterocycles. The molecular weight excluding hydrogens is 777 g/mol. The zero-order valence-corrected chi connectivity index (χ0v) is 34.0. The van der Waals surface area contributed by atoms with Gasteiger partial charge in [-0.1, -0.05) is 170 Å². The van der Waals surface area contributed by atoms with Crippen molar-refractivity contribution in [3.8, 4) is 73.8 Å². The monoisotopic (exact) mass is 810 g/mol. The maximum atomic E-state index is 5.37. The standard InChI is InChI=1S/C55H34N6S/c1-5-17-35(18-6-1)39-31-32-48-44(33-39)40-25-13-14-29-47(40)61(48)55-59-52(38-23-11-4-12-24-38)58-54(60-55)43-28-15-26-41-50-42(27-16-30-49(50)62-51(41)43)53-56-45(36-19-7-2-8-20-36)34-46(57-53)37-21-9-3-10-22-37/h1-34H. The fourth-order valence-corrected chi connectivity index (χ4v) is 9.83. The molecule has 0 N–H and O–H groups in total. The summed E-state index contributed by atoms with van der Waals surface area (Å²) in [6, 6.07) is 71.4. The molecule has 290 valence electrons. The number of nitrogens with zero attached hydrogens (tertiary/aromatic N) is 6. The van der Waals surface area contributed by atoms with Crippen LogP contribution in [0, 0.1) is 0 Å². The van der Waals surface area contributed by atoms with E-state index in [0.29, 0.717) is 23.4 Å². The van der Waals surface area contributed by atoms with E-state index in [1.54, 1.807) is 11.3 Å². The van der Waals surface area contributed by atoms with Crippen molar-refractivity contribution in [2.24, 2.45) is 0 Å². The molecule has 4 heterocycles. The average molecular weight is 811 g/mol. The third-order valence-corrected chi connectivity index (χ3v) is 12.7. The molecular formula is C55H34N6S. The second kappa shape index (κ2) is 14.9. The van der Waals surface area contributed by atoms with Gasteiger partial charge in [-0.2, -0.15) is 9.97 Å². The van der Waals surface area contributed by atoms with Crippen LogP contribution >= 0.6 is 11.3 Å². The Balaban J connectivity index is 1.07. The van der Waals surface area contributed by atoms with Crippen molar-refractivity contribution < 1.29 is 0 Å². The predicted molar refractivity (Wildman–Crippen MR) is 255 cm³/mol. The minimum absolute atomic E-state index is 0.561. The van der Waals surface area contributed by atoms with E-state index in [2.05, 4.69) is 156 Å². The molecule has 6 nitrogen and oxygen atoms in total. The van der Waals surface area contributed by atoms with Crippen molar-refractivity contribution in [3.63, 3.8) is 0 Å². The molecule has 0 aliphatic heterocycles. The Kier molecular flexibility index (Phi) is 8.57. The number of hydrogen-bond acceptors (Lipinski definition) is 6. The third-order valence-electron chi connectivity index (χ3n) is 11.5. The van der Waals surface area contributed by atoms with Crippen LogP contribution in [-0.4, -0.2) is 29.5 Å². The number of aromatic nitrogens is 6. The zero-order valence-electron chi connectivity index (χ0n) is 33.2. The molecule has 62 heavy (non-hydrogen) atoms. The summed E-state index contributed by atoms with van der Waals surface area (Å²) >= 11 is 1.74. The second-order valence-corrected chi connectivity index (χ2v) is 16.3. The minimum Gasteiger partial charge on any atom is -0.278 e. The van der Waals surface area contributed by atoms with Crippen LogP contribution in [0.2, 0.25) is 0 Å². The number of hydrogen-bond donors (Lipinski definition) is 0. The van der Waals surface area contributed by atoms with Gasteiger partial charge in [-0.05, 0) is 47.5 Å². The number of thiophene rings is 1. The molecule has 0 spiro atoms. The van der Waals surface area contributed by atoms with Gasteiger partial charge in [-0.15, -0.1) is 11.3 Å². The van der Waals surface area contributed by atoms with E-state index < -0.39 is 0 Å². The quantitative estimate of drug-likeness (QED) is 0.160. The van der Waals surface area contributed by atoms with Crippen LogP contribution in [0.25, 0.3) is 116 Å². The van der Waals surface area contributed by atoms with Crippen molar-refractivity contribution in [1.29, 1.82) is 0 Å². The van der Waals surface area contributed by atoms with E-state index in [9.17, 15) is 0 Å². The highest BCUT2D eigenvalue weighted by Gasteiger charge is 2.22. The molecule has 0 radical (unpaired) electrons. The van der Waals surface area contributed by atoms with Gasteiger partial charge in [0.15, 0.2) is 17.5 Å². The van der Waals surface area contributed by atoms with Crippen molar-refractivity contribution in [1.82, 2.24) is 29.5 Å². The summed E-state index contributed by atoms with van der Waals surface area (Å²) < 4.78 is 4.40. The van der Waals surface area contributed by atoms with Gasteiger partial charge < -0.3 is 0 Å². The zero-order chi connectivity index (χ0) is 41.0. The predicted octanol–water partition coefficient (Wildman–Crippen LogP) is 14.1. The molecule has 12 aromatic rings. The lowest BCUT2D eigenvalue weighted by molar-refractivity contribution is 0.954. The summed E-state index contributed by atoms with van der Waals surface area (Å²) in [5.41, 5.74) is 11.0. The number of fused-ring (bicyclic) bond motifs is 6. The summed E-state index contributed by atoms with van der Waals surface area (Å²) in [6.07, 6.45) is 0. The lowest BCUT2D eigenvalue weighted by atomic mass is 10.0. The minimum atomic E-state index is 0.561. The van der Waals surface area contributed by atoms with Gasteiger partial charge in [0.1, 0.15) is 0 Å². The lowest BCUT2D eigenvalue weighted by Crippen LogP contribution is -2.06. The van der Waals surface area contributed by atoms with Crippen molar-refractivity contribution >= 4 is 53.3 Å². The Morgan fingerprint density at radius 3 is 1.60 bits per heavy atom. The van der Waals surface area contributed by atoms with Crippen LogP contribution < -0.4 is 0 Å². The molecule has 8 aromatic carbocycles. The van der Waals surface area contributed by atoms with E-state index >= 15 is 0 Å². The smallest absolute Gasteiger partial charge is 0.238 e. The molecule has 0 amide bonds. The van der Waals surface area contributed by atoms with Crippen LogP contribution in [0.15, 0.2) is 206 Å². The van der Waals surface area contributed by atoms with Crippen LogP contribution in [-0.2, 0) is 0 Å². The fraction of sp³-hybridized carbons (Fsp3) is 0. The Morgan fingerprint density at radius 1 is 0.339 bits per heavy atom. The Bertz CT molecular complexity index is 3560. The normalized spacial score (nSPS) is 11.5. The maximum Gasteiger partial charge on any atom is 0.238 e. The second-order valence-electron chi connectivity index (χ2n) is 15.3. The number of rotatable bonds is 7. The van der Waals surface area contributed by atoms with Gasteiger partial charge in [0.05, 0.1) is 22.4 Å². The lowest BCUT2D eigenvalue weighted by Gasteiger charge is -2.12. The first kappa shape index (κ1) is 35.8. The molecule has 0 aliphatic carbocycles. The SMILES string of the molecule is c1ccc(-c2ccc3c(c2)c2ccccc2n3-c2nc(-c3ccccc3)nc(-c3cccc4c3sc3cccc(-c5nc(-c6ccccc6)cc(-c6ccccc6)n5)c34)n2)cc1. The molecule has 12 rings (SSSR count). The van der Waals surface area contributed by atoms with Crippen LogP contribution in [0.4, 0.5) is 0 Å². The third kappa shape index (κ3) is 6.14. The molecule has 0 saturated carbocycles. The van der Waals surface area contributed by atoms with E-state index in [1.807, 2.05) is 54.6 Å². The van der Waals surface area contributed by atoms with Gasteiger partial charge in [0.2, 0.25) is 5.95 Å². The van der Waals surface area contributed by atoms with Crippen LogP contribution in [0.1, 0.15) is 0 Å². The number of para-hydroxylation sites is 1. The van der Waals surface area contributed by atoms with Gasteiger partial charge in [-0.25, -0.2) is 15.0 Å². The van der Waals surface area contributed by atoms with Crippen molar-refractivity contribution in [3.05, 3.63) is 206 Å². The van der Waals surface area contributed by atoms with Gasteiger partial charge in [-0.3, -0.25) is 4.57 Å². The summed E-state index contributed by atoms with van der Waals surface area (Å²) in [5.74, 6) is 2.45. The van der Waals surface area contributed by atoms with Gasteiger partial charge >= 0.3 is 0 Å². The van der Waals surface area contributed by atoms with Gasteiger partial charge in [0.25, 0.3) is 0 Å². The van der Waals surface area contributed by atoms with Crippen molar-refractivity contribution in [2.75, 3.05) is 0 Å². The van der Waals surface area contributed by atoms with E-state index in [4.69, 9.17) is 24.9 Å². The molecule has 7 heteroatoms. The summed E-state index contributed by atoms with van der Waals surface area (Å²) in [5, 5.41) is 4.48. The highest BCUT2D eigenvalue weighted by atomic mass is 32.1. The first-order valence-electron chi connectivity index (χ1n) is 20.6. The van der Waals surface area contributed by atoms with E-state index in [0.717, 1.165) is 86.7 Å². The Hall–Kier alpha value is -8.13. The average Bonchev–Trinajstić information content (AvgIpc) is 3.91. The highest BCUT2D eigenvalue weighted by Crippen LogP contribution is 2.44. The summed E-state index contributed by atoms with van der Waals surface area (Å²) in [6.45, 7) is 0. The first-order valence-corrected chi connectivity index (χ1v) is 21.4. The summed E-state index contributed by atoms with van der Waals surface area (Å²) in [4.78, 5) is 26.3. The van der Waals surface area contributed by atoms with Crippen molar-refractivity contribution in [2.45, 2.75) is 0 Å².